The molecule has 1 fully saturated rings. The standard InChI is InChI=1S/C25H28N2O6/c28-16-21(29)18-10-8-17(9-11-18)15-27-20-6-2-1-5-19(20)23(31)26(24(27)32)14-13-25(33)12-4-3-7-22(25)30/h1-2,5-6,8-11,22,28,30,33H,3-4,7,12-16H2. The minimum Gasteiger partial charge on any atom is -0.390 e. The molecule has 4 rings (SSSR count). The van der Waals surface area contributed by atoms with Crippen LogP contribution >= 0.6 is 0 Å². The molecule has 174 valence electrons. The van der Waals surface area contributed by atoms with Crippen LogP contribution in [-0.2, 0) is 13.1 Å². The Labute approximate surface area is 190 Å². The molecular weight excluding hydrogens is 424 g/mol. The molecule has 3 aromatic rings. The summed E-state index contributed by atoms with van der Waals surface area (Å²) in [7, 11) is 0. The Balaban J connectivity index is 1.71. The number of carbonyl (C=O) groups excluding carboxylic acids is 1. The molecule has 2 aromatic carbocycles. The van der Waals surface area contributed by atoms with Crippen LogP contribution in [0.2, 0.25) is 0 Å². The van der Waals surface area contributed by atoms with Crippen LogP contribution in [0.1, 0.15) is 48.0 Å². The molecule has 0 amide bonds. The van der Waals surface area contributed by atoms with Crippen LogP contribution in [0.3, 0.4) is 0 Å². The summed E-state index contributed by atoms with van der Waals surface area (Å²) in [5, 5.41) is 30.6. The van der Waals surface area contributed by atoms with Crippen molar-refractivity contribution < 1.29 is 20.1 Å². The highest BCUT2D eigenvalue weighted by Crippen LogP contribution is 2.31. The maximum Gasteiger partial charge on any atom is 0.331 e. The Morgan fingerprint density at radius 2 is 1.76 bits per heavy atom. The van der Waals surface area contributed by atoms with E-state index in [9.17, 15) is 24.6 Å². The first kappa shape index (κ1) is 23.1. The molecule has 1 saturated carbocycles. The average Bonchev–Trinajstić information content (AvgIpc) is 2.83. The maximum absolute atomic E-state index is 13.4. The zero-order chi connectivity index (χ0) is 23.6. The number of benzene rings is 2. The number of Topliss-reactive ketones (excluding diaryl/α,β-unsaturated/α-hetero) is 1. The van der Waals surface area contributed by atoms with Crippen molar-refractivity contribution in [2.45, 2.75) is 56.9 Å². The van der Waals surface area contributed by atoms with E-state index >= 15 is 0 Å². The summed E-state index contributed by atoms with van der Waals surface area (Å²) in [4.78, 5) is 38.2. The molecule has 8 heteroatoms. The van der Waals surface area contributed by atoms with Gasteiger partial charge in [-0.15, -0.1) is 0 Å². The van der Waals surface area contributed by atoms with Gasteiger partial charge in [-0.2, -0.15) is 0 Å². The van der Waals surface area contributed by atoms with Gasteiger partial charge in [0, 0.05) is 12.1 Å². The second-order valence-electron chi connectivity index (χ2n) is 8.74. The molecule has 0 spiro atoms. The summed E-state index contributed by atoms with van der Waals surface area (Å²) in [6, 6.07) is 13.5. The summed E-state index contributed by atoms with van der Waals surface area (Å²) < 4.78 is 2.63. The Kier molecular flexibility index (Phi) is 6.60. The summed E-state index contributed by atoms with van der Waals surface area (Å²) >= 11 is 0. The number of fused-ring (bicyclic) bond motifs is 1. The molecule has 0 aliphatic heterocycles. The third-order valence-electron chi connectivity index (χ3n) is 6.62. The number of nitrogens with zero attached hydrogens (tertiary/aromatic N) is 2. The molecule has 8 nitrogen and oxygen atoms in total. The lowest BCUT2D eigenvalue weighted by Gasteiger charge is -2.37. The third kappa shape index (κ3) is 4.55. The second kappa shape index (κ2) is 9.43. The molecule has 1 aromatic heterocycles. The molecule has 0 saturated heterocycles. The van der Waals surface area contributed by atoms with Crippen LogP contribution in [0.25, 0.3) is 10.9 Å². The van der Waals surface area contributed by atoms with Crippen molar-refractivity contribution in [1.82, 2.24) is 9.13 Å². The molecule has 1 aliphatic rings. The Hall–Kier alpha value is -3.07. The highest BCUT2D eigenvalue weighted by Gasteiger charge is 2.37. The third-order valence-corrected chi connectivity index (χ3v) is 6.62. The lowest BCUT2D eigenvalue weighted by atomic mass is 9.80. The number of carbonyl (C=O) groups is 1. The number of hydrogen-bond acceptors (Lipinski definition) is 6. The van der Waals surface area contributed by atoms with E-state index in [0.717, 1.165) is 23.0 Å². The largest absolute Gasteiger partial charge is 0.390 e. The van der Waals surface area contributed by atoms with E-state index < -0.39 is 29.6 Å². The number of para-hydroxylation sites is 1. The van der Waals surface area contributed by atoms with Gasteiger partial charge in [0.1, 0.15) is 6.61 Å². The summed E-state index contributed by atoms with van der Waals surface area (Å²) in [6.07, 6.45) is 1.81. The van der Waals surface area contributed by atoms with Crippen molar-refractivity contribution in [3.8, 4) is 0 Å². The molecule has 3 N–H and O–H groups in total. The van der Waals surface area contributed by atoms with Gasteiger partial charge in [0.15, 0.2) is 5.78 Å². The Morgan fingerprint density at radius 1 is 1.03 bits per heavy atom. The van der Waals surface area contributed by atoms with E-state index in [-0.39, 0.29) is 25.3 Å². The maximum atomic E-state index is 13.4. The predicted molar refractivity (Wildman–Crippen MR) is 123 cm³/mol. The van der Waals surface area contributed by atoms with Crippen molar-refractivity contribution in [3.63, 3.8) is 0 Å². The van der Waals surface area contributed by atoms with E-state index in [0.29, 0.717) is 29.3 Å². The van der Waals surface area contributed by atoms with Gasteiger partial charge in [-0.05, 0) is 37.0 Å². The summed E-state index contributed by atoms with van der Waals surface area (Å²) in [5.41, 5.74) is -0.607. The minimum absolute atomic E-state index is 0.000000596. The minimum atomic E-state index is -1.31. The second-order valence-corrected chi connectivity index (χ2v) is 8.74. The molecule has 2 atom stereocenters. The zero-order valence-corrected chi connectivity index (χ0v) is 18.3. The first-order valence-corrected chi connectivity index (χ1v) is 11.2. The van der Waals surface area contributed by atoms with Crippen molar-refractivity contribution in [2.24, 2.45) is 0 Å². The molecule has 2 unspecified atom stereocenters. The van der Waals surface area contributed by atoms with Crippen LogP contribution in [0.15, 0.2) is 58.1 Å². The molecule has 1 aliphatic carbocycles. The van der Waals surface area contributed by atoms with E-state index in [4.69, 9.17) is 5.11 Å². The molecule has 0 bridgehead atoms. The van der Waals surface area contributed by atoms with Crippen LogP contribution in [0, 0.1) is 0 Å². The fourth-order valence-corrected chi connectivity index (χ4v) is 4.59. The number of ketones is 1. The number of aliphatic hydroxyl groups excluding tert-OH is 2. The van der Waals surface area contributed by atoms with Gasteiger partial charge in [-0.1, -0.05) is 49.2 Å². The smallest absolute Gasteiger partial charge is 0.331 e. The lowest BCUT2D eigenvalue weighted by molar-refractivity contribution is -0.106. The van der Waals surface area contributed by atoms with Crippen LogP contribution in [0.5, 0.6) is 0 Å². The van der Waals surface area contributed by atoms with Gasteiger partial charge < -0.3 is 15.3 Å². The lowest BCUT2D eigenvalue weighted by Crippen LogP contribution is -2.48. The van der Waals surface area contributed by atoms with Gasteiger partial charge in [0.05, 0.1) is 29.2 Å². The van der Waals surface area contributed by atoms with Crippen LogP contribution < -0.4 is 11.2 Å². The van der Waals surface area contributed by atoms with E-state index in [1.807, 2.05) is 0 Å². The fourth-order valence-electron chi connectivity index (χ4n) is 4.59. The molecule has 33 heavy (non-hydrogen) atoms. The number of hydrogen-bond donors (Lipinski definition) is 3. The van der Waals surface area contributed by atoms with Gasteiger partial charge in [0.2, 0.25) is 0 Å². The number of aromatic nitrogens is 2. The van der Waals surface area contributed by atoms with Crippen LogP contribution in [0.4, 0.5) is 0 Å². The zero-order valence-electron chi connectivity index (χ0n) is 18.3. The molecule has 0 radical (unpaired) electrons. The number of aliphatic hydroxyl groups is 3. The first-order valence-electron chi connectivity index (χ1n) is 11.2. The van der Waals surface area contributed by atoms with E-state index in [1.54, 1.807) is 48.5 Å². The SMILES string of the molecule is O=C(CO)c1ccc(Cn2c(=O)n(CCC3(O)CCCCC3O)c(=O)c3ccccc32)cc1. The normalized spacial score (nSPS) is 20.8. The topological polar surface area (TPSA) is 122 Å². The highest BCUT2D eigenvalue weighted by atomic mass is 16.3. The van der Waals surface area contributed by atoms with Crippen molar-refractivity contribution in [3.05, 3.63) is 80.5 Å². The van der Waals surface area contributed by atoms with Crippen molar-refractivity contribution in [2.75, 3.05) is 6.61 Å². The van der Waals surface area contributed by atoms with Gasteiger partial charge >= 0.3 is 5.69 Å². The van der Waals surface area contributed by atoms with Crippen molar-refractivity contribution in [1.29, 1.82) is 0 Å². The number of rotatable bonds is 7. The highest BCUT2D eigenvalue weighted by molar-refractivity contribution is 5.96. The van der Waals surface area contributed by atoms with Gasteiger partial charge in [0.25, 0.3) is 5.56 Å². The monoisotopic (exact) mass is 452 g/mol. The Morgan fingerprint density at radius 3 is 2.45 bits per heavy atom. The first-order chi connectivity index (χ1) is 15.8. The summed E-state index contributed by atoms with van der Waals surface area (Å²) in [5.74, 6) is -0.388. The van der Waals surface area contributed by atoms with Crippen LogP contribution in [-0.4, -0.2) is 48.5 Å². The van der Waals surface area contributed by atoms with Gasteiger partial charge in [-0.25, -0.2) is 4.79 Å². The summed E-state index contributed by atoms with van der Waals surface area (Å²) in [6.45, 7) is -0.393. The molecule has 1 heterocycles. The van der Waals surface area contributed by atoms with Crippen molar-refractivity contribution >= 4 is 16.7 Å². The molecular formula is C25H28N2O6. The van der Waals surface area contributed by atoms with E-state index in [1.165, 1.54) is 4.57 Å². The predicted octanol–water partition coefficient (Wildman–Crippen LogP) is 1.44. The quantitative estimate of drug-likeness (QED) is 0.467. The van der Waals surface area contributed by atoms with Gasteiger partial charge in [-0.3, -0.25) is 18.7 Å². The average molecular weight is 453 g/mol. The van der Waals surface area contributed by atoms with E-state index in [2.05, 4.69) is 0 Å². The fraction of sp³-hybridized carbons (Fsp3) is 0.400. The Bertz CT molecular complexity index is 1280.